The Morgan fingerprint density at radius 3 is 3.10 bits per heavy atom. The van der Waals surface area contributed by atoms with Gasteiger partial charge in [0.15, 0.2) is 5.69 Å². The van der Waals surface area contributed by atoms with Crippen LogP contribution in [0.4, 0.5) is 0 Å². The number of esters is 1. The van der Waals surface area contributed by atoms with Crippen molar-refractivity contribution in [1.82, 2.24) is 15.4 Å². The molecule has 3 rings (SSSR count). The lowest BCUT2D eigenvalue weighted by Crippen LogP contribution is -2.09. The topological polar surface area (TPSA) is 91.2 Å². The van der Waals surface area contributed by atoms with E-state index in [1.165, 1.54) is 7.11 Å². The molecule has 0 spiro atoms. The molecule has 0 aromatic carbocycles. The molecular weight excluding hydrogens is 262 g/mol. The lowest BCUT2D eigenvalue weighted by molar-refractivity contribution is -0.140. The van der Waals surface area contributed by atoms with Crippen LogP contribution in [0.15, 0.2) is 8.94 Å². The van der Waals surface area contributed by atoms with Gasteiger partial charge in [0.2, 0.25) is 5.89 Å². The molecule has 1 aliphatic rings. The molecule has 1 atom stereocenters. The number of aryl methyl sites for hydroxylation is 1. The predicted octanol–water partition coefficient (Wildman–Crippen LogP) is 1.56. The highest BCUT2D eigenvalue weighted by molar-refractivity contribution is 5.71. The van der Waals surface area contributed by atoms with Gasteiger partial charge >= 0.3 is 5.97 Å². The van der Waals surface area contributed by atoms with E-state index in [1.54, 1.807) is 0 Å². The fourth-order valence-corrected chi connectivity index (χ4v) is 2.36. The zero-order valence-corrected chi connectivity index (χ0v) is 11.4. The molecule has 1 unspecified atom stereocenters. The fraction of sp³-hybridized carbons (Fsp3) is 0.538. The van der Waals surface area contributed by atoms with Gasteiger partial charge < -0.3 is 13.7 Å². The van der Waals surface area contributed by atoms with Crippen LogP contribution in [-0.4, -0.2) is 28.4 Å². The summed E-state index contributed by atoms with van der Waals surface area (Å²) in [5.41, 5.74) is 1.63. The van der Waals surface area contributed by atoms with Crippen LogP contribution in [0, 0.1) is 5.92 Å². The smallest absolute Gasteiger partial charge is 0.315 e. The average molecular weight is 277 g/mol. The summed E-state index contributed by atoms with van der Waals surface area (Å²) in [6.07, 6.45) is 2.83. The Hall–Kier alpha value is -2.18. The first-order chi connectivity index (χ1) is 9.67. The summed E-state index contributed by atoms with van der Waals surface area (Å²) in [7, 11) is 1.31. The van der Waals surface area contributed by atoms with Gasteiger partial charge in [0, 0.05) is 12.0 Å². The molecule has 2 aromatic heterocycles. The van der Waals surface area contributed by atoms with Gasteiger partial charge in [-0.05, 0) is 18.8 Å². The van der Waals surface area contributed by atoms with Crippen molar-refractivity contribution in [1.29, 1.82) is 0 Å². The predicted molar refractivity (Wildman–Crippen MR) is 66.7 cm³/mol. The van der Waals surface area contributed by atoms with Crippen LogP contribution in [0.25, 0.3) is 11.6 Å². The van der Waals surface area contributed by atoms with E-state index in [2.05, 4.69) is 27.0 Å². The number of carbonyl (C=O) groups is 1. The van der Waals surface area contributed by atoms with Crippen LogP contribution in [0.5, 0.6) is 0 Å². The lowest BCUT2D eigenvalue weighted by atomic mass is 9.88. The number of hydrogen-bond donors (Lipinski definition) is 0. The van der Waals surface area contributed by atoms with Crippen LogP contribution in [0.2, 0.25) is 0 Å². The van der Waals surface area contributed by atoms with Gasteiger partial charge in [-0.15, -0.1) is 10.2 Å². The molecule has 0 amide bonds. The number of rotatable bonds is 3. The molecule has 20 heavy (non-hydrogen) atoms. The molecule has 0 aliphatic heterocycles. The maximum absolute atomic E-state index is 11.2. The van der Waals surface area contributed by atoms with Crippen LogP contribution in [0.3, 0.4) is 0 Å². The summed E-state index contributed by atoms with van der Waals surface area (Å²) < 4.78 is 15.3. The van der Waals surface area contributed by atoms with Crippen LogP contribution < -0.4 is 0 Å². The van der Waals surface area contributed by atoms with Gasteiger partial charge in [-0.3, -0.25) is 4.79 Å². The Bertz CT molecular complexity index is 631. The molecule has 0 radical (unpaired) electrons. The van der Waals surface area contributed by atoms with Gasteiger partial charge in [0.1, 0.15) is 12.2 Å². The molecule has 1 aliphatic carbocycles. The van der Waals surface area contributed by atoms with E-state index in [0.717, 1.165) is 30.6 Å². The normalized spacial score (nSPS) is 17.8. The highest BCUT2D eigenvalue weighted by atomic mass is 16.5. The van der Waals surface area contributed by atoms with E-state index in [4.69, 9.17) is 8.94 Å². The molecule has 2 heterocycles. The van der Waals surface area contributed by atoms with E-state index < -0.39 is 5.97 Å². The van der Waals surface area contributed by atoms with E-state index in [0.29, 0.717) is 17.5 Å². The number of ether oxygens (including phenoxy) is 1. The summed E-state index contributed by atoms with van der Waals surface area (Å²) in [6.45, 7) is 2.19. The summed E-state index contributed by atoms with van der Waals surface area (Å²) in [5.74, 6) is 1.57. The van der Waals surface area contributed by atoms with Crippen LogP contribution in [-0.2, 0) is 28.8 Å². The average Bonchev–Trinajstić information content (AvgIpc) is 3.04. The van der Waals surface area contributed by atoms with Crippen molar-refractivity contribution in [2.45, 2.75) is 32.6 Å². The Morgan fingerprint density at radius 1 is 1.45 bits per heavy atom. The van der Waals surface area contributed by atoms with Crippen molar-refractivity contribution in [2.24, 2.45) is 5.92 Å². The third-order valence-corrected chi connectivity index (χ3v) is 3.48. The van der Waals surface area contributed by atoms with Crippen molar-refractivity contribution >= 4 is 5.97 Å². The van der Waals surface area contributed by atoms with E-state index >= 15 is 0 Å². The summed E-state index contributed by atoms with van der Waals surface area (Å²) >= 11 is 0. The number of methoxy groups -OCH3 is 1. The number of hydrogen-bond acceptors (Lipinski definition) is 7. The van der Waals surface area contributed by atoms with Gasteiger partial charge in [0.25, 0.3) is 5.89 Å². The Kier molecular flexibility index (Phi) is 3.25. The number of fused-ring (bicyclic) bond motifs is 1. The van der Waals surface area contributed by atoms with Gasteiger partial charge in [-0.1, -0.05) is 12.1 Å². The van der Waals surface area contributed by atoms with Crippen molar-refractivity contribution in [3.63, 3.8) is 0 Å². The molecule has 0 fully saturated rings. The third-order valence-electron chi connectivity index (χ3n) is 3.48. The Balaban J connectivity index is 1.87. The Morgan fingerprint density at radius 2 is 2.30 bits per heavy atom. The largest absolute Gasteiger partial charge is 0.469 e. The summed E-state index contributed by atoms with van der Waals surface area (Å²) in [6, 6.07) is 0. The first-order valence-corrected chi connectivity index (χ1v) is 6.54. The van der Waals surface area contributed by atoms with Gasteiger partial charge in [-0.25, -0.2) is 0 Å². The maximum Gasteiger partial charge on any atom is 0.315 e. The molecule has 0 bridgehead atoms. The second-order valence-corrected chi connectivity index (χ2v) is 5.03. The lowest BCUT2D eigenvalue weighted by Gasteiger charge is -2.15. The standard InChI is InChI=1S/C13H15N3O4/c1-7-3-4-9-8(5-7)12(16-20-9)13-15-14-10(19-13)6-11(17)18-2/h7H,3-6H2,1-2H3. The first kappa shape index (κ1) is 12.8. The quantitative estimate of drug-likeness (QED) is 0.786. The number of aromatic nitrogens is 3. The molecular formula is C13H15N3O4. The van der Waals surface area contributed by atoms with Crippen molar-refractivity contribution in [2.75, 3.05) is 7.11 Å². The number of nitrogens with zero attached hydrogens (tertiary/aromatic N) is 3. The van der Waals surface area contributed by atoms with E-state index in [1.807, 2.05) is 0 Å². The van der Waals surface area contributed by atoms with Crippen molar-refractivity contribution in [3.8, 4) is 11.6 Å². The second-order valence-electron chi connectivity index (χ2n) is 5.03. The SMILES string of the molecule is COC(=O)Cc1nnc(-c2noc3c2CC(C)CC3)o1. The van der Waals surface area contributed by atoms with Crippen molar-refractivity contribution < 1.29 is 18.5 Å². The minimum absolute atomic E-state index is 0.0417. The van der Waals surface area contributed by atoms with Crippen LogP contribution in [0.1, 0.15) is 30.6 Å². The maximum atomic E-state index is 11.2. The molecule has 7 heteroatoms. The zero-order valence-electron chi connectivity index (χ0n) is 11.4. The minimum atomic E-state index is -0.420. The minimum Gasteiger partial charge on any atom is -0.469 e. The van der Waals surface area contributed by atoms with E-state index in [9.17, 15) is 4.79 Å². The monoisotopic (exact) mass is 277 g/mol. The first-order valence-electron chi connectivity index (χ1n) is 6.54. The highest BCUT2D eigenvalue weighted by Crippen LogP contribution is 2.32. The van der Waals surface area contributed by atoms with Crippen LogP contribution >= 0.6 is 0 Å². The van der Waals surface area contributed by atoms with Crippen molar-refractivity contribution in [3.05, 3.63) is 17.2 Å². The molecule has 0 N–H and O–H groups in total. The number of carbonyl (C=O) groups excluding carboxylic acids is 1. The second kappa shape index (κ2) is 5.07. The Labute approximate surface area is 115 Å². The molecule has 7 nitrogen and oxygen atoms in total. The molecule has 2 aromatic rings. The molecule has 0 saturated carbocycles. The third kappa shape index (κ3) is 2.31. The van der Waals surface area contributed by atoms with Gasteiger partial charge in [0.05, 0.1) is 7.11 Å². The van der Waals surface area contributed by atoms with E-state index in [-0.39, 0.29) is 12.3 Å². The summed E-state index contributed by atoms with van der Waals surface area (Å²) in [4.78, 5) is 11.2. The fourth-order valence-electron chi connectivity index (χ4n) is 2.36. The summed E-state index contributed by atoms with van der Waals surface area (Å²) in [5, 5.41) is 11.8. The molecule has 106 valence electrons. The molecule has 0 saturated heterocycles. The highest BCUT2D eigenvalue weighted by Gasteiger charge is 2.27. The zero-order chi connectivity index (χ0) is 14.1. The van der Waals surface area contributed by atoms with Gasteiger partial charge in [-0.2, -0.15) is 0 Å².